The van der Waals surface area contributed by atoms with Crippen LogP contribution in [0.15, 0.2) is 65.6 Å². The van der Waals surface area contributed by atoms with Crippen LogP contribution in [0.3, 0.4) is 0 Å². The molecule has 0 aliphatic heterocycles. The zero-order valence-corrected chi connectivity index (χ0v) is 14.3. The number of esters is 1. The van der Waals surface area contributed by atoms with Crippen LogP contribution in [0.25, 0.3) is 0 Å². The molecule has 1 atom stereocenters. The molecule has 0 amide bonds. The van der Waals surface area contributed by atoms with Crippen LogP contribution >= 0.6 is 22.9 Å². The molecule has 1 heterocycles. The lowest BCUT2D eigenvalue weighted by atomic mass is 9.87. The minimum absolute atomic E-state index is 0.0379. The van der Waals surface area contributed by atoms with Crippen molar-refractivity contribution in [2.75, 3.05) is 0 Å². The van der Waals surface area contributed by atoms with Crippen molar-refractivity contribution in [3.63, 3.8) is 0 Å². The van der Waals surface area contributed by atoms with Gasteiger partial charge in [-0.1, -0.05) is 48.0 Å². The van der Waals surface area contributed by atoms with Gasteiger partial charge in [-0.3, -0.25) is 4.79 Å². The first-order chi connectivity index (χ1) is 11.6. The number of carbonyl (C=O) groups excluding carboxylic acids is 2. The smallest absolute Gasteiger partial charge is 0.335 e. The standard InChI is InChI=1S/C19H15ClO3S/c20-14-9-7-13(8-10-14)12-23-19(22)16-5-2-1-4-15(16)18(21)17-6-3-11-24-17/h1-3,5-11,15H,4,12H2. The molecule has 5 heteroatoms. The SMILES string of the molecule is O=C(OCc1ccc(Cl)cc1)C1=CC=CCC1C(=O)c1cccs1. The second-order valence-electron chi connectivity index (χ2n) is 5.38. The summed E-state index contributed by atoms with van der Waals surface area (Å²) in [6.45, 7) is 0.150. The van der Waals surface area contributed by atoms with Gasteiger partial charge in [0.15, 0.2) is 5.78 Å². The van der Waals surface area contributed by atoms with Crippen molar-refractivity contribution in [3.8, 4) is 0 Å². The molecule has 0 bridgehead atoms. The van der Waals surface area contributed by atoms with Crippen molar-refractivity contribution in [2.24, 2.45) is 5.92 Å². The van der Waals surface area contributed by atoms with Crippen molar-refractivity contribution in [3.05, 3.63) is 81.0 Å². The summed E-state index contributed by atoms with van der Waals surface area (Å²) in [5.41, 5.74) is 1.26. The zero-order valence-electron chi connectivity index (χ0n) is 12.8. The Morgan fingerprint density at radius 2 is 2.00 bits per heavy atom. The number of Topliss-reactive ketones (excluding diaryl/α,β-unsaturated/α-hetero) is 1. The van der Waals surface area contributed by atoms with Gasteiger partial charge in [-0.05, 0) is 35.6 Å². The highest BCUT2D eigenvalue weighted by Crippen LogP contribution is 2.27. The summed E-state index contributed by atoms with van der Waals surface area (Å²) < 4.78 is 5.37. The predicted octanol–water partition coefficient (Wildman–Crippen LogP) is 4.83. The first kappa shape index (κ1) is 16.7. The molecule has 1 aromatic heterocycles. The summed E-state index contributed by atoms with van der Waals surface area (Å²) in [6.07, 6.45) is 5.87. The third kappa shape index (κ3) is 3.83. The molecule has 122 valence electrons. The number of ketones is 1. The topological polar surface area (TPSA) is 43.4 Å². The van der Waals surface area contributed by atoms with Crippen LogP contribution < -0.4 is 0 Å². The highest BCUT2D eigenvalue weighted by atomic mass is 35.5. The molecule has 3 nitrogen and oxygen atoms in total. The number of thiophene rings is 1. The Bertz CT molecular complexity index is 789. The monoisotopic (exact) mass is 358 g/mol. The number of hydrogen-bond acceptors (Lipinski definition) is 4. The maximum atomic E-state index is 12.6. The van der Waals surface area contributed by atoms with E-state index in [4.69, 9.17) is 16.3 Å². The third-order valence-corrected chi connectivity index (χ3v) is 4.89. The molecule has 3 rings (SSSR count). The van der Waals surface area contributed by atoms with Crippen molar-refractivity contribution < 1.29 is 14.3 Å². The van der Waals surface area contributed by atoms with E-state index in [1.807, 2.05) is 17.5 Å². The average molecular weight is 359 g/mol. The minimum Gasteiger partial charge on any atom is -0.457 e. The maximum absolute atomic E-state index is 12.6. The normalized spacial score (nSPS) is 16.5. The fraction of sp³-hybridized carbons (Fsp3) is 0.158. The Hall–Kier alpha value is -2.17. The van der Waals surface area contributed by atoms with Gasteiger partial charge in [0.1, 0.15) is 6.61 Å². The summed E-state index contributed by atoms with van der Waals surface area (Å²) >= 11 is 7.22. The van der Waals surface area contributed by atoms with Crippen LogP contribution in [-0.4, -0.2) is 11.8 Å². The van der Waals surface area contributed by atoms with Gasteiger partial charge in [-0.25, -0.2) is 4.79 Å². The van der Waals surface area contributed by atoms with E-state index in [2.05, 4.69) is 0 Å². The molecule has 1 aromatic carbocycles. The van der Waals surface area contributed by atoms with Gasteiger partial charge >= 0.3 is 5.97 Å². The molecular weight excluding hydrogens is 344 g/mol. The zero-order chi connectivity index (χ0) is 16.9. The largest absolute Gasteiger partial charge is 0.457 e. The Balaban J connectivity index is 1.69. The molecule has 0 radical (unpaired) electrons. The van der Waals surface area contributed by atoms with Gasteiger partial charge in [0.05, 0.1) is 10.8 Å². The highest BCUT2D eigenvalue weighted by Gasteiger charge is 2.30. The average Bonchev–Trinajstić information content (AvgIpc) is 3.15. The Morgan fingerprint density at radius 1 is 1.21 bits per heavy atom. The number of ether oxygens (including phenoxy) is 1. The molecule has 1 aliphatic carbocycles. The van der Waals surface area contributed by atoms with Crippen molar-refractivity contribution >= 4 is 34.7 Å². The fourth-order valence-electron chi connectivity index (χ4n) is 2.49. The van der Waals surface area contributed by atoms with Crippen molar-refractivity contribution in [1.82, 2.24) is 0 Å². The van der Waals surface area contributed by atoms with E-state index in [0.717, 1.165) is 5.56 Å². The van der Waals surface area contributed by atoms with E-state index < -0.39 is 11.9 Å². The summed E-state index contributed by atoms with van der Waals surface area (Å²) in [5.74, 6) is -0.973. The molecular formula is C19H15ClO3S. The van der Waals surface area contributed by atoms with E-state index in [-0.39, 0.29) is 12.4 Å². The lowest BCUT2D eigenvalue weighted by molar-refractivity contribution is -0.140. The van der Waals surface area contributed by atoms with Gasteiger partial charge in [-0.15, -0.1) is 11.3 Å². The number of hydrogen-bond donors (Lipinski definition) is 0. The van der Waals surface area contributed by atoms with Crippen LogP contribution in [0.1, 0.15) is 21.7 Å². The minimum atomic E-state index is -0.480. The second kappa shape index (κ2) is 7.60. The summed E-state index contributed by atoms with van der Waals surface area (Å²) in [7, 11) is 0. The summed E-state index contributed by atoms with van der Waals surface area (Å²) in [6, 6.07) is 10.7. The van der Waals surface area contributed by atoms with E-state index in [9.17, 15) is 9.59 Å². The molecule has 0 saturated carbocycles. The van der Waals surface area contributed by atoms with Crippen LogP contribution in [0.2, 0.25) is 5.02 Å². The fourth-order valence-corrected chi connectivity index (χ4v) is 3.34. The summed E-state index contributed by atoms with van der Waals surface area (Å²) in [5, 5.41) is 2.49. The molecule has 1 aliphatic rings. The van der Waals surface area contributed by atoms with Gasteiger partial charge in [-0.2, -0.15) is 0 Å². The van der Waals surface area contributed by atoms with Crippen molar-refractivity contribution in [2.45, 2.75) is 13.0 Å². The van der Waals surface area contributed by atoms with E-state index in [0.29, 0.717) is 21.9 Å². The molecule has 24 heavy (non-hydrogen) atoms. The molecule has 0 fully saturated rings. The summed E-state index contributed by atoms with van der Waals surface area (Å²) in [4.78, 5) is 25.7. The van der Waals surface area contributed by atoms with E-state index >= 15 is 0 Å². The number of carbonyl (C=O) groups is 2. The second-order valence-corrected chi connectivity index (χ2v) is 6.77. The predicted molar refractivity (Wildman–Crippen MR) is 95.2 cm³/mol. The van der Waals surface area contributed by atoms with Gasteiger partial charge in [0, 0.05) is 10.6 Å². The quantitative estimate of drug-likeness (QED) is 0.568. The van der Waals surface area contributed by atoms with Gasteiger partial charge < -0.3 is 4.74 Å². The Labute approximate surface area is 149 Å². The first-order valence-corrected chi connectivity index (χ1v) is 8.77. The van der Waals surface area contributed by atoms with Gasteiger partial charge in [0.2, 0.25) is 0 Å². The number of rotatable bonds is 5. The van der Waals surface area contributed by atoms with Crippen LogP contribution in [0.4, 0.5) is 0 Å². The third-order valence-electron chi connectivity index (χ3n) is 3.76. The number of halogens is 1. The van der Waals surface area contributed by atoms with Gasteiger partial charge in [0.25, 0.3) is 0 Å². The molecule has 0 spiro atoms. The molecule has 0 N–H and O–H groups in total. The van der Waals surface area contributed by atoms with Crippen LogP contribution in [0, 0.1) is 5.92 Å². The van der Waals surface area contributed by atoms with E-state index in [1.165, 1.54) is 11.3 Å². The molecule has 2 aromatic rings. The number of benzene rings is 1. The van der Waals surface area contributed by atoms with Crippen LogP contribution in [0.5, 0.6) is 0 Å². The lowest BCUT2D eigenvalue weighted by Crippen LogP contribution is -2.24. The maximum Gasteiger partial charge on any atom is 0.335 e. The Morgan fingerprint density at radius 3 is 2.71 bits per heavy atom. The van der Waals surface area contributed by atoms with Crippen molar-refractivity contribution in [1.29, 1.82) is 0 Å². The van der Waals surface area contributed by atoms with Crippen LogP contribution in [-0.2, 0) is 16.1 Å². The first-order valence-electron chi connectivity index (χ1n) is 7.51. The Kier molecular flexibility index (Phi) is 5.28. The molecule has 1 unspecified atom stereocenters. The lowest BCUT2D eigenvalue weighted by Gasteiger charge is -2.18. The highest BCUT2D eigenvalue weighted by molar-refractivity contribution is 7.12. The number of allylic oxidation sites excluding steroid dienone is 3. The molecule has 0 saturated heterocycles. The van der Waals surface area contributed by atoms with E-state index in [1.54, 1.807) is 42.5 Å².